The second-order valence-corrected chi connectivity index (χ2v) is 4.54. The topological polar surface area (TPSA) is 6.48 Å². The number of hydrogen-bond acceptors (Lipinski definition) is 2. The van der Waals surface area contributed by atoms with Crippen LogP contribution in [0, 0.1) is 0 Å². The molecule has 0 aliphatic heterocycles. The zero-order valence-corrected chi connectivity index (χ0v) is 11.1. The Morgan fingerprint density at radius 3 is 1.92 bits per heavy atom. The van der Waals surface area contributed by atoms with Crippen molar-refractivity contribution in [3.05, 3.63) is 0 Å². The van der Waals surface area contributed by atoms with Gasteiger partial charge in [0.1, 0.15) is 0 Å². The average Bonchev–Trinajstić information content (AvgIpc) is 2.12. The quantitative estimate of drug-likeness (QED) is 0.537. The molecule has 0 atom stereocenters. The van der Waals surface area contributed by atoms with Crippen LogP contribution in [0.2, 0.25) is 0 Å². The monoisotopic (exact) mass is 186 g/mol. The first kappa shape index (κ1) is 12.5. The first-order valence-corrected chi connectivity index (χ1v) is 6.04. The SMILES string of the molecule is CC[N]([AlH2])CCCN(CC)CC. The molecule has 0 saturated heterocycles. The van der Waals surface area contributed by atoms with Gasteiger partial charge in [0.2, 0.25) is 0 Å². The lowest BCUT2D eigenvalue weighted by molar-refractivity contribution is 0.287. The minimum Gasteiger partial charge on any atom is -0.391 e. The molecule has 0 N–H and O–H groups in total. The highest BCUT2D eigenvalue weighted by molar-refractivity contribution is 6.04. The van der Waals surface area contributed by atoms with Crippen LogP contribution in [-0.4, -0.2) is 58.0 Å². The summed E-state index contributed by atoms with van der Waals surface area (Å²) in [5.74, 6) is 0. The molecule has 0 bridgehead atoms. The smallest absolute Gasteiger partial charge is 0.321 e. The van der Waals surface area contributed by atoms with Crippen LogP contribution in [0.3, 0.4) is 0 Å². The summed E-state index contributed by atoms with van der Waals surface area (Å²) in [6.45, 7) is 12.9. The fourth-order valence-electron chi connectivity index (χ4n) is 1.26. The van der Waals surface area contributed by atoms with Crippen LogP contribution in [0.4, 0.5) is 0 Å². The zero-order chi connectivity index (χ0) is 9.40. The molecule has 0 aromatic heterocycles. The second-order valence-electron chi connectivity index (χ2n) is 3.28. The van der Waals surface area contributed by atoms with Crippen molar-refractivity contribution in [2.75, 3.05) is 32.7 Å². The summed E-state index contributed by atoms with van der Waals surface area (Å²) < 4.78 is 2.50. The van der Waals surface area contributed by atoms with Gasteiger partial charge in [0.15, 0.2) is 0 Å². The first-order chi connectivity index (χ1) is 5.74. The minimum atomic E-state index is 1.20. The molecule has 72 valence electrons. The Morgan fingerprint density at radius 2 is 1.50 bits per heavy atom. The molecule has 3 heteroatoms. The molecule has 0 saturated carbocycles. The fraction of sp³-hybridized carbons (Fsp3) is 1.00. The molecular weight excluding hydrogens is 163 g/mol. The van der Waals surface area contributed by atoms with E-state index in [1.165, 1.54) is 55.7 Å². The van der Waals surface area contributed by atoms with E-state index in [2.05, 4.69) is 29.6 Å². The summed E-state index contributed by atoms with van der Waals surface area (Å²) >= 11 is 1.22. The maximum Gasteiger partial charge on any atom is 0.321 e. The van der Waals surface area contributed by atoms with Crippen LogP contribution in [0.25, 0.3) is 0 Å². The molecule has 0 aromatic carbocycles. The van der Waals surface area contributed by atoms with Crippen molar-refractivity contribution in [3.63, 3.8) is 0 Å². The Labute approximate surface area is 85.6 Å². The molecule has 0 unspecified atom stereocenters. The molecule has 0 aromatic rings. The van der Waals surface area contributed by atoms with Crippen LogP contribution in [0.15, 0.2) is 0 Å². The normalized spacial score (nSPS) is 11.4. The third-order valence-corrected chi connectivity index (χ3v) is 3.53. The lowest BCUT2D eigenvalue weighted by atomic mass is 10.3. The van der Waals surface area contributed by atoms with E-state index < -0.39 is 0 Å². The highest BCUT2D eigenvalue weighted by atomic mass is 27.1. The predicted molar refractivity (Wildman–Crippen MR) is 58.2 cm³/mol. The lowest BCUT2D eigenvalue weighted by Gasteiger charge is -2.20. The fourth-order valence-corrected chi connectivity index (χ4v) is 1.58. The van der Waals surface area contributed by atoms with Crippen molar-refractivity contribution in [1.82, 2.24) is 8.78 Å². The summed E-state index contributed by atoms with van der Waals surface area (Å²) in [6, 6.07) is 0. The van der Waals surface area contributed by atoms with Crippen LogP contribution in [-0.2, 0) is 0 Å². The average molecular weight is 186 g/mol. The van der Waals surface area contributed by atoms with Gasteiger partial charge in [-0.1, -0.05) is 20.8 Å². The highest BCUT2D eigenvalue weighted by Gasteiger charge is 1.99. The largest absolute Gasteiger partial charge is 0.391 e. The van der Waals surface area contributed by atoms with Gasteiger partial charge in [0, 0.05) is 0 Å². The lowest BCUT2D eigenvalue weighted by Crippen LogP contribution is -2.28. The molecule has 0 aliphatic carbocycles. The summed E-state index contributed by atoms with van der Waals surface area (Å²) in [7, 11) is 0. The van der Waals surface area contributed by atoms with E-state index in [1.807, 2.05) is 0 Å². The molecular formula is C9H23AlN2. The van der Waals surface area contributed by atoms with E-state index in [4.69, 9.17) is 0 Å². The first-order valence-electron chi connectivity index (χ1n) is 5.15. The molecule has 0 heterocycles. The van der Waals surface area contributed by atoms with Crippen LogP contribution >= 0.6 is 0 Å². The van der Waals surface area contributed by atoms with E-state index in [0.717, 1.165) is 0 Å². The highest BCUT2D eigenvalue weighted by Crippen LogP contribution is 1.92. The van der Waals surface area contributed by atoms with Crippen molar-refractivity contribution in [3.8, 4) is 0 Å². The molecule has 0 spiro atoms. The van der Waals surface area contributed by atoms with E-state index in [9.17, 15) is 0 Å². The Morgan fingerprint density at radius 1 is 0.917 bits per heavy atom. The maximum absolute atomic E-state index is 2.50. The van der Waals surface area contributed by atoms with Gasteiger partial charge < -0.3 is 8.78 Å². The predicted octanol–water partition coefficient (Wildman–Crippen LogP) is 0.588. The van der Waals surface area contributed by atoms with E-state index in [1.54, 1.807) is 0 Å². The van der Waals surface area contributed by atoms with E-state index in [-0.39, 0.29) is 0 Å². The van der Waals surface area contributed by atoms with E-state index >= 15 is 0 Å². The van der Waals surface area contributed by atoms with Gasteiger partial charge in [-0.2, -0.15) is 0 Å². The molecule has 2 nitrogen and oxygen atoms in total. The maximum atomic E-state index is 2.50. The third kappa shape index (κ3) is 6.02. The van der Waals surface area contributed by atoms with Crippen molar-refractivity contribution >= 4 is 16.5 Å². The summed E-state index contributed by atoms with van der Waals surface area (Å²) in [5.41, 5.74) is 0. The standard InChI is InChI=1S/C9H21N2.Al.2H/c1-4-10-8-7-9-11(5-2)6-3;;;/h4-9H2,1-3H3;;;/q-1;+1;;. The molecule has 0 amide bonds. The number of nitrogens with zero attached hydrogens (tertiary/aromatic N) is 2. The van der Waals surface area contributed by atoms with E-state index in [0.29, 0.717) is 0 Å². The van der Waals surface area contributed by atoms with Gasteiger partial charge in [0.25, 0.3) is 0 Å². The Kier molecular flexibility index (Phi) is 8.37. The van der Waals surface area contributed by atoms with Crippen molar-refractivity contribution in [1.29, 1.82) is 0 Å². The zero-order valence-electron chi connectivity index (χ0n) is 9.14. The molecule has 0 fully saturated rings. The van der Waals surface area contributed by atoms with Gasteiger partial charge in [-0.15, -0.1) is 0 Å². The van der Waals surface area contributed by atoms with Crippen LogP contribution in [0.1, 0.15) is 27.2 Å². The summed E-state index contributed by atoms with van der Waals surface area (Å²) in [5, 5.41) is 0. The van der Waals surface area contributed by atoms with Crippen molar-refractivity contribution in [2.24, 2.45) is 0 Å². The number of hydrogen-bond donors (Lipinski definition) is 0. The Bertz CT molecular complexity index is 94.5. The Balaban J connectivity index is 3.28. The second kappa shape index (κ2) is 8.07. The van der Waals surface area contributed by atoms with Crippen molar-refractivity contribution < 1.29 is 0 Å². The molecule has 0 rings (SSSR count). The van der Waals surface area contributed by atoms with Gasteiger partial charge in [-0.3, -0.25) is 0 Å². The van der Waals surface area contributed by atoms with Crippen LogP contribution < -0.4 is 0 Å². The summed E-state index contributed by atoms with van der Waals surface area (Å²) in [4.78, 5) is 2.49. The molecule has 0 radical (unpaired) electrons. The molecule has 12 heavy (non-hydrogen) atoms. The minimum absolute atomic E-state index is 1.20. The third-order valence-electron chi connectivity index (χ3n) is 2.45. The summed E-state index contributed by atoms with van der Waals surface area (Å²) in [6.07, 6.45) is 1.33. The van der Waals surface area contributed by atoms with Gasteiger partial charge in [-0.05, 0) is 39.1 Å². The van der Waals surface area contributed by atoms with Gasteiger partial charge in [0.05, 0.1) is 0 Å². The molecule has 0 aliphatic rings. The van der Waals surface area contributed by atoms with Crippen LogP contribution in [0.5, 0.6) is 0 Å². The number of rotatable bonds is 7. The van der Waals surface area contributed by atoms with Crippen molar-refractivity contribution in [2.45, 2.75) is 27.2 Å². The van der Waals surface area contributed by atoms with Gasteiger partial charge in [-0.25, -0.2) is 0 Å². The van der Waals surface area contributed by atoms with Gasteiger partial charge >= 0.3 is 16.5 Å². The Hall–Kier alpha value is 0.452.